The third-order valence-electron chi connectivity index (χ3n) is 5.85. The van der Waals surface area contributed by atoms with E-state index in [2.05, 4.69) is 38.5 Å². The van der Waals surface area contributed by atoms with Crippen molar-refractivity contribution >= 4 is 33.7 Å². The molecule has 172 valence electrons. The molecule has 4 heterocycles. The quantitative estimate of drug-likeness (QED) is 0.398. The first-order valence-electron chi connectivity index (χ1n) is 11.1. The highest BCUT2D eigenvalue weighted by Gasteiger charge is 2.20. The number of nitrogens with one attached hydrogen (secondary N) is 1. The second-order valence-electron chi connectivity index (χ2n) is 8.47. The van der Waals surface area contributed by atoms with Crippen molar-refractivity contribution in [3.05, 3.63) is 89.7 Å². The van der Waals surface area contributed by atoms with Gasteiger partial charge in [0.2, 0.25) is 0 Å². The maximum atomic E-state index is 13.0. The molecule has 0 aliphatic carbocycles. The largest absolute Gasteiger partial charge is 0.451 e. The van der Waals surface area contributed by atoms with Crippen molar-refractivity contribution in [2.45, 2.75) is 20.8 Å². The second kappa shape index (κ2) is 7.91. The molecule has 0 unspecified atom stereocenters. The van der Waals surface area contributed by atoms with Crippen LogP contribution in [-0.2, 0) is 0 Å². The van der Waals surface area contributed by atoms with Crippen LogP contribution in [-0.4, -0.2) is 35.4 Å². The smallest absolute Gasteiger partial charge is 0.292 e. The SMILES string of the molecule is Cc1ccc(-n2ncc3c(-n4nc(C)cc4NC(=O)c4cc5ccccc5o4)ncnc32)c(C)c1. The lowest BCUT2D eigenvalue weighted by molar-refractivity contribution is 0.0998. The number of nitrogens with zero attached hydrogens (tertiary/aromatic N) is 6. The van der Waals surface area contributed by atoms with Crippen LogP contribution < -0.4 is 5.32 Å². The highest BCUT2D eigenvalue weighted by Crippen LogP contribution is 2.26. The van der Waals surface area contributed by atoms with E-state index in [0.29, 0.717) is 28.3 Å². The number of carbonyl (C=O) groups is 1. The van der Waals surface area contributed by atoms with E-state index in [0.717, 1.165) is 22.3 Å². The third kappa shape index (κ3) is 3.54. The zero-order valence-corrected chi connectivity index (χ0v) is 19.4. The van der Waals surface area contributed by atoms with Gasteiger partial charge in [-0.15, -0.1) is 0 Å². The average Bonchev–Trinajstić information content (AvgIpc) is 3.55. The van der Waals surface area contributed by atoms with Gasteiger partial charge in [0, 0.05) is 11.5 Å². The van der Waals surface area contributed by atoms with Crippen molar-refractivity contribution in [1.29, 1.82) is 0 Å². The van der Waals surface area contributed by atoms with E-state index in [9.17, 15) is 4.79 Å². The first-order chi connectivity index (χ1) is 17.0. The van der Waals surface area contributed by atoms with Gasteiger partial charge in [-0.1, -0.05) is 35.9 Å². The molecule has 2 aromatic carbocycles. The molecule has 6 aromatic rings. The Hall–Kier alpha value is -4.79. The van der Waals surface area contributed by atoms with Crippen LogP contribution in [0.4, 0.5) is 5.82 Å². The van der Waals surface area contributed by atoms with Crippen molar-refractivity contribution < 1.29 is 9.21 Å². The Morgan fingerprint density at radius 2 is 1.83 bits per heavy atom. The highest BCUT2D eigenvalue weighted by atomic mass is 16.3. The molecule has 0 saturated carbocycles. The van der Waals surface area contributed by atoms with Gasteiger partial charge in [0.15, 0.2) is 17.2 Å². The monoisotopic (exact) mass is 463 g/mol. The van der Waals surface area contributed by atoms with Crippen LogP contribution in [0.3, 0.4) is 0 Å². The van der Waals surface area contributed by atoms with Gasteiger partial charge in [-0.3, -0.25) is 4.79 Å². The molecule has 0 atom stereocenters. The maximum absolute atomic E-state index is 13.0. The van der Waals surface area contributed by atoms with Gasteiger partial charge in [-0.05, 0) is 44.5 Å². The van der Waals surface area contributed by atoms with Crippen molar-refractivity contribution in [3.63, 3.8) is 0 Å². The Labute approximate surface area is 200 Å². The summed E-state index contributed by atoms with van der Waals surface area (Å²) in [6, 6.07) is 17.2. The van der Waals surface area contributed by atoms with Gasteiger partial charge in [-0.2, -0.15) is 14.9 Å². The van der Waals surface area contributed by atoms with Crippen molar-refractivity contribution in [3.8, 4) is 11.5 Å². The number of fused-ring (bicyclic) bond motifs is 2. The highest BCUT2D eigenvalue weighted by molar-refractivity contribution is 6.04. The number of benzene rings is 2. The number of para-hydroxylation sites is 1. The lowest BCUT2D eigenvalue weighted by atomic mass is 10.1. The average molecular weight is 464 g/mol. The summed E-state index contributed by atoms with van der Waals surface area (Å²) >= 11 is 0. The first kappa shape index (κ1) is 20.8. The predicted molar refractivity (Wildman–Crippen MR) is 132 cm³/mol. The second-order valence-corrected chi connectivity index (χ2v) is 8.47. The van der Waals surface area contributed by atoms with Crippen LogP contribution in [0.1, 0.15) is 27.4 Å². The molecule has 0 aliphatic heterocycles. The first-order valence-corrected chi connectivity index (χ1v) is 11.1. The summed E-state index contributed by atoms with van der Waals surface area (Å²) in [6.45, 7) is 5.95. The molecular formula is C26H21N7O2. The van der Waals surface area contributed by atoms with E-state index in [1.165, 1.54) is 11.9 Å². The fourth-order valence-corrected chi connectivity index (χ4v) is 4.24. The molecule has 35 heavy (non-hydrogen) atoms. The molecular weight excluding hydrogens is 442 g/mol. The standard InChI is InChI=1S/C26H21N7O2/c1-15-8-9-20(16(2)10-15)32-24-19(13-29-32)25(28-14-27-24)33-23(11-17(3)31-33)30-26(34)22-12-18-6-4-5-7-21(18)35-22/h4-14H,1-3H3,(H,30,34). The number of rotatable bonds is 4. The number of aryl methyl sites for hydroxylation is 3. The summed E-state index contributed by atoms with van der Waals surface area (Å²) in [4.78, 5) is 22.0. The molecule has 0 spiro atoms. The number of anilines is 1. The van der Waals surface area contributed by atoms with Crippen LogP contribution >= 0.6 is 0 Å². The Morgan fingerprint density at radius 3 is 2.66 bits per heavy atom. The summed E-state index contributed by atoms with van der Waals surface area (Å²) < 4.78 is 9.10. The molecule has 0 radical (unpaired) electrons. The molecule has 9 heteroatoms. The fraction of sp³-hybridized carbons (Fsp3) is 0.115. The van der Waals surface area contributed by atoms with Gasteiger partial charge in [-0.25, -0.2) is 14.6 Å². The molecule has 1 amide bonds. The molecule has 6 rings (SSSR count). The van der Waals surface area contributed by atoms with Gasteiger partial charge in [0.05, 0.1) is 23.0 Å². The van der Waals surface area contributed by atoms with Crippen LogP contribution in [0.5, 0.6) is 0 Å². The summed E-state index contributed by atoms with van der Waals surface area (Å²) in [7, 11) is 0. The van der Waals surface area contributed by atoms with Gasteiger partial charge < -0.3 is 9.73 Å². The Bertz CT molecular complexity index is 1710. The summed E-state index contributed by atoms with van der Waals surface area (Å²) in [6.07, 6.45) is 3.19. The Morgan fingerprint density at radius 1 is 0.971 bits per heavy atom. The minimum absolute atomic E-state index is 0.215. The van der Waals surface area contributed by atoms with E-state index in [-0.39, 0.29) is 11.7 Å². The number of hydrogen-bond donors (Lipinski definition) is 1. The fourth-order valence-electron chi connectivity index (χ4n) is 4.24. The van der Waals surface area contributed by atoms with E-state index in [4.69, 9.17) is 4.42 Å². The molecule has 1 N–H and O–H groups in total. The van der Waals surface area contributed by atoms with Crippen molar-refractivity contribution in [2.75, 3.05) is 5.32 Å². The number of hydrogen-bond acceptors (Lipinski definition) is 6. The number of amides is 1. The maximum Gasteiger partial charge on any atom is 0.292 e. The molecule has 9 nitrogen and oxygen atoms in total. The number of aromatic nitrogens is 6. The third-order valence-corrected chi connectivity index (χ3v) is 5.85. The topological polar surface area (TPSA) is 104 Å². The molecule has 4 aromatic heterocycles. The molecule has 0 saturated heterocycles. The van der Waals surface area contributed by atoms with Crippen molar-refractivity contribution in [1.82, 2.24) is 29.5 Å². The minimum atomic E-state index is -0.376. The van der Waals surface area contributed by atoms with Gasteiger partial charge in [0.25, 0.3) is 5.91 Å². The zero-order chi connectivity index (χ0) is 24.1. The summed E-state index contributed by atoms with van der Waals surface area (Å²) in [5.74, 6) is 0.817. The normalized spacial score (nSPS) is 11.4. The van der Waals surface area contributed by atoms with E-state index >= 15 is 0 Å². The van der Waals surface area contributed by atoms with Gasteiger partial charge >= 0.3 is 0 Å². The number of furan rings is 1. The Balaban J connectivity index is 1.41. The van der Waals surface area contributed by atoms with Crippen molar-refractivity contribution in [2.24, 2.45) is 0 Å². The van der Waals surface area contributed by atoms with Crippen LogP contribution in [0.2, 0.25) is 0 Å². The molecule has 0 bridgehead atoms. The van der Waals surface area contributed by atoms with Crippen LogP contribution in [0, 0.1) is 20.8 Å². The summed E-state index contributed by atoms with van der Waals surface area (Å²) in [5.41, 5.74) is 5.21. The molecule has 0 aliphatic rings. The van der Waals surface area contributed by atoms with E-state index in [1.807, 2.05) is 50.2 Å². The van der Waals surface area contributed by atoms with Crippen LogP contribution in [0.15, 0.2) is 71.5 Å². The Kier molecular flexibility index (Phi) is 4.70. The van der Waals surface area contributed by atoms with Gasteiger partial charge in [0.1, 0.15) is 17.7 Å². The number of carbonyl (C=O) groups excluding carboxylic acids is 1. The summed E-state index contributed by atoms with van der Waals surface area (Å²) in [5, 5.41) is 13.6. The van der Waals surface area contributed by atoms with E-state index < -0.39 is 0 Å². The minimum Gasteiger partial charge on any atom is -0.451 e. The zero-order valence-electron chi connectivity index (χ0n) is 19.4. The molecule has 0 fully saturated rings. The van der Waals surface area contributed by atoms with Crippen LogP contribution in [0.25, 0.3) is 33.5 Å². The van der Waals surface area contributed by atoms with E-state index in [1.54, 1.807) is 27.7 Å². The predicted octanol–water partition coefficient (Wildman–Crippen LogP) is 4.92. The lowest BCUT2D eigenvalue weighted by Gasteiger charge is -2.09. The lowest BCUT2D eigenvalue weighted by Crippen LogP contribution is -2.15.